The molecule has 2 aromatic rings. The van der Waals surface area contributed by atoms with Gasteiger partial charge >= 0.3 is 0 Å². The van der Waals surface area contributed by atoms with Crippen LogP contribution in [0.1, 0.15) is 47.3 Å². The Labute approximate surface area is 119 Å². The van der Waals surface area contributed by atoms with E-state index in [1.165, 1.54) is 21.0 Å². The summed E-state index contributed by atoms with van der Waals surface area (Å²) in [6, 6.07) is 2.68. The highest BCUT2D eigenvalue weighted by atomic mass is 32.1. The molecule has 1 N–H and O–H groups in total. The SMILES string of the molecule is CCCn1cncc1CNC(C)c1cc(C)sc1C. The number of aromatic nitrogens is 2. The van der Waals surface area contributed by atoms with Crippen molar-refractivity contribution in [1.82, 2.24) is 14.9 Å². The molecule has 1 unspecified atom stereocenters. The Morgan fingerprint density at radius 3 is 2.84 bits per heavy atom. The fourth-order valence-corrected chi connectivity index (χ4v) is 3.41. The summed E-state index contributed by atoms with van der Waals surface area (Å²) in [5, 5.41) is 3.60. The van der Waals surface area contributed by atoms with Crippen LogP contribution in [0.2, 0.25) is 0 Å². The normalized spacial score (nSPS) is 12.8. The fourth-order valence-electron chi connectivity index (χ4n) is 2.39. The smallest absolute Gasteiger partial charge is 0.0948 e. The first-order chi connectivity index (χ1) is 9.11. The van der Waals surface area contributed by atoms with E-state index in [4.69, 9.17) is 0 Å². The molecule has 0 saturated carbocycles. The van der Waals surface area contributed by atoms with E-state index >= 15 is 0 Å². The van der Waals surface area contributed by atoms with Crippen LogP contribution in [0.15, 0.2) is 18.6 Å². The molecule has 0 saturated heterocycles. The molecular weight excluding hydrogens is 254 g/mol. The van der Waals surface area contributed by atoms with E-state index in [-0.39, 0.29) is 0 Å². The van der Waals surface area contributed by atoms with Crippen molar-refractivity contribution >= 4 is 11.3 Å². The van der Waals surface area contributed by atoms with Crippen LogP contribution in [-0.4, -0.2) is 9.55 Å². The lowest BCUT2D eigenvalue weighted by atomic mass is 10.1. The number of rotatable bonds is 6. The van der Waals surface area contributed by atoms with Crippen LogP contribution in [0.4, 0.5) is 0 Å². The van der Waals surface area contributed by atoms with Crippen molar-refractivity contribution in [3.8, 4) is 0 Å². The third-order valence-electron chi connectivity index (χ3n) is 3.40. The third-order valence-corrected chi connectivity index (χ3v) is 4.38. The van der Waals surface area contributed by atoms with Crippen LogP contribution in [-0.2, 0) is 13.1 Å². The second-order valence-electron chi connectivity index (χ2n) is 5.05. The van der Waals surface area contributed by atoms with Gasteiger partial charge in [0.25, 0.3) is 0 Å². The monoisotopic (exact) mass is 277 g/mol. The molecule has 0 bridgehead atoms. The van der Waals surface area contributed by atoms with Crippen LogP contribution in [0, 0.1) is 13.8 Å². The maximum atomic E-state index is 4.24. The second-order valence-corrected chi connectivity index (χ2v) is 6.51. The van der Waals surface area contributed by atoms with E-state index < -0.39 is 0 Å². The number of thiophene rings is 1. The molecule has 104 valence electrons. The molecule has 0 fully saturated rings. The molecule has 2 aromatic heterocycles. The van der Waals surface area contributed by atoms with Gasteiger partial charge in [0.05, 0.1) is 12.0 Å². The topological polar surface area (TPSA) is 29.9 Å². The molecule has 0 aliphatic heterocycles. The van der Waals surface area contributed by atoms with E-state index in [1.807, 2.05) is 23.9 Å². The molecule has 2 heterocycles. The zero-order valence-corrected chi connectivity index (χ0v) is 13.0. The first-order valence-electron chi connectivity index (χ1n) is 6.91. The van der Waals surface area contributed by atoms with Gasteiger partial charge in [-0.05, 0) is 38.8 Å². The van der Waals surface area contributed by atoms with E-state index in [9.17, 15) is 0 Å². The third kappa shape index (κ3) is 3.45. The fraction of sp³-hybridized carbons (Fsp3) is 0.533. The van der Waals surface area contributed by atoms with Gasteiger partial charge in [0.15, 0.2) is 0 Å². The van der Waals surface area contributed by atoms with Gasteiger partial charge < -0.3 is 9.88 Å². The number of hydrogen-bond acceptors (Lipinski definition) is 3. The highest BCUT2D eigenvalue weighted by molar-refractivity contribution is 7.12. The molecule has 0 aliphatic rings. The van der Waals surface area contributed by atoms with Gasteiger partial charge in [-0.15, -0.1) is 11.3 Å². The summed E-state index contributed by atoms with van der Waals surface area (Å²) in [6.45, 7) is 10.7. The first kappa shape index (κ1) is 14.3. The lowest BCUT2D eigenvalue weighted by molar-refractivity contribution is 0.541. The number of imidazole rings is 1. The van der Waals surface area contributed by atoms with Crippen LogP contribution in [0.25, 0.3) is 0 Å². The number of nitrogens with zero attached hydrogens (tertiary/aromatic N) is 2. The lowest BCUT2D eigenvalue weighted by Crippen LogP contribution is -2.20. The lowest BCUT2D eigenvalue weighted by Gasteiger charge is -2.15. The Morgan fingerprint density at radius 1 is 1.42 bits per heavy atom. The molecule has 0 spiro atoms. The van der Waals surface area contributed by atoms with Gasteiger partial charge in [0.2, 0.25) is 0 Å². The van der Waals surface area contributed by atoms with Crippen molar-refractivity contribution in [2.24, 2.45) is 0 Å². The minimum Gasteiger partial charge on any atom is -0.333 e. The highest BCUT2D eigenvalue weighted by Crippen LogP contribution is 2.26. The highest BCUT2D eigenvalue weighted by Gasteiger charge is 2.11. The van der Waals surface area contributed by atoms with Gasteiger partial charge in [0, 0.05) is 35.1 Å². The number of hydrogen-bond donors (Lipinski definition) is 1. The zero-order valence-electron chi connectivity index (χ0n) is 12.2. The van der Waals surface area contributed by atoms with Crippen LogP contribution < -0.4 is 5.32 Å². The molecule has 0 amide bonds. The van der Waals surface area contributed by atoms with Crippen molar-refractivity contribution in [3.63, 3.8) is 0 Å². The second kappa shape index (κ2) is 6.35. The Balaban J connectivity index is 1.98. The quantitative estimate of drug-likeness (QED) is 0.870. The zero-order chi connectivity index (χ0) is 13.8. The molecule has 2 rings (SSSR count). The molecule has 0 aliphatic carbocycles. The van der Waals surface area contributed by atoms with Gasteiger partial charge in [-0.3, -0.25) is 0 Å². The predicted molar refractivity (Wildman–Crippen MR) is 81.6 cm³/mol. The van der Waals surface area contributed by atoms with Crippen molar-refractivity contribution in [3.05, 3.63) is 39.6 Å². The summed E-state index contributed by atoms with van der Waals surface area (Å²) in [5.41, 5.74) is 2.68. The average Bonchev–Trinajstić information content (AvgIpc) is 2.93. The van der Waals surface area contributed by atoms with Crippen LogP contribution in [0.3, 0.4) is 0 Å². The Bertz CT molecular complexity index is 527. The van der Waals surface area contributed by atoms with Crippen molar-refractivity contribution in [1.29, 1.82) is 0 Å². The van der Waals surface area contributed by atoms with Gasteiger partial charge in [-0.2, -0.15) is 0 Å². The Morgan fingerprint density at radius 2 is 2.21 bits per heavy atom. The van der Waals surface area contributed by atoms with E-state index in [2.05, 4.69) is 48.6 Å². The minimum absolute atomic E-state index is 0.384. The minimum atomic E-state index is 0.384. The summed E-state index contributed by atoms with van der Waals surface area (Å²) < 4.78 is 2.23. The van der Waals surface area contributed by atoms with Crippen molar-refractivity contribution in [2.45, 2.75) is 53.2 Å². The van der Waals surface area contributed by atoms with Crippen molar-refractivity contribution in [2.75, 3.05) is 0 Å². The molecule has 4 heteroatoms. The first-order valence-corrected chi connectivity index (χ1v) is 7.72. The predicted octanol–water partition coefficient (Wildman–Crippen LogP) is 3.82. The number of aryl methyl sites for hydroxylation is 3. The van der Waals surface area contributed by atoms with Crippen molar-refractivity contribution < 1.29 is 0 Å². The molecule has 0 radical (unpaired) electrons. The van der Waals surface area contributed by atoms with E-state index in [1.54, 1.807) is 0 Å². The standard InChI is InChI=1S/C15H23N3S/c1-5-6-18-10-16-8-14(18)9-17-12(3)15-7-11(2)19-13(15)4/h7-8,10,12,17H,5-6,9H2,1-4H3. The Kier molecular flexibility index (Phi) is 4.77. The van der Waals surface area contributed by atoms with Gasteiger partial charge in [-0.1, -0.05) is 6.92 Å². The van der Waals surface area contributed by atoms with E-state index in [0.717, 1.165) is 19.5 Å². The maximum Gasteiger partial charge on any atom is 0.0948 e. The number of nitrogens with one attached hydrogen (secondary N) is 1. The van der Waals surface area contributed by atoms with Crippen LogP contribution >= 0.6 is 11.3 Å². The Hall–Kier alpha value is -1.13. The molecule has 1 atom stereocenters. The van der Waals surface area contributed by atoms with Gasteiger partial charge in [-0.25, -0.2) is 4.98 Å². The van der Waals surface area contributed by atoms with E-state index in [0.29, 0.717) is 6.04 Å². The van der Waals surface area contributed by atoms with Gasteiger partial charge in [0.1, 0.15) is 0 Å². The average molecular weight is 277 g/mol. The summed E-state index contributed by atoms with van der Waals surface area (Å²) in [5.74, 6) is 0. The summed E-state index contributed by atoms with van der Waals surface area (Å²) in [6.07, 6.45) is 5.02. The molecule has 3 nitrogen and oxygen atoms in total. The summed E-state index contributed by atoms with van der Waals surface area (Å²) in [4.78, 5) is 7.04. The molecule has 0 aromatic carbocycles. The largest absolute Gasteiger partial charge is 0.333 e. The summed E-state index contributed by atoms with van der Waals surface area (Å²) in [7, 11) is 0. The van der Waals surface area contributed by atoms with Crippen LogP contribution in [0.5, 0.6) is 0 Å². The summed E-state index contributed by atoms with van der Waals surface area (Å²) >= 11 is 1.87. The molecule has 19 heavy (non-hydrogen) atoms. The maximum absolute atomic E-state index is 4.24. The molecular formula is C15H23N3S.